The second-order valence-electron chi connectivity index (χ2n) is 6.45. The van der Waals surface area contributed by atoms with Crippen LogP contribution in [0.25, 0.3) is 0 Å². The summed E-state index contributed by atoms with van der Waals surface area (Å²) in [5.74, 6) is 0.458. The maximum atomic E-state index is 12.5. The van der Waals surface area contributed by atoms with Crippen LogP contribution in [0, 0.1) is 11.8 Å². The number of fused-ring (bicyclic) bond motifs is 3. The molecule has 0 saturated heterocycles. The highest BCUT2D eigenvalue weighted by atomic mass is 16.5. The third kappa shape index (κ3) is 2.47. The van der Waals surface area contributed by atoms with E-state index in [9.17, 15) is 4.79 Å². The maximum Gasteiger partial charge on any atom is 0.311 e. The Hall–Kier alpha value is -1.35. The Morgan fingerprint density at radius 2 is 1.95 bits per heavy atom. The van der Waals surface area contributed by atoms with Crippen molar-refractivity contribution >= 4 is 5.97 Å². The van der Waals surface area contributed by atoms with E-state index in [-0.39, 0.29) is 23.5 Å². The van der Waals surface area contributed by atoms with Crippen LogP contribution in [0.4, 0.5) is 0 Å². The molecule has 20 heavy (non-hydrogen) atoms. The normalized spacial score (nSPS) is 33.7. The fourth-order valence-electron chi connectivity index (χ4n) is 3.75. The molecule has 2 unspecified atom stereocenters. The average molecular weight is 273 g/mol. The number of benzene rings is 1. The number of hydrogen-bond donors (Lipinski definition) is 1. The second-order valence-corrected chi connectivity index (χ2v) is 6.45. The second kappa shape index (κ2) is 5.21. The van der Waals surface area contributed by atoms with Gasteiger partial charge in [0.1, 0.15) is 6.10 Å². The number of carbonyl (C=O) groups is 1. The number of carbonyl (C=O) groups excluding carboxylic acids is 1. The van der Waals surface area contributed by atoms with Crippen LogP contribution in [0.1, 0.15) is 50.7 Å². The van der Waals surface area contributed by atoms with Gasteiger partial charge in [0.2, 0.25) is 0 Å². The van der Waals surface area contributed by atoms with Gasteiger partial charge < -0.3 is 10.5 Å². The number of ether oxygens (including phenoxy) is 1. The van der Waals surface area contributed by atoms with Crippen LogP contribution in [0.5, 0.6) is 0 Å². The Bertz CT molecular complexity index is 477. The van der Waals surface area contributed by atoms with Crippen LogP contribution < -0.4 is 5.73 Å². The molecular formula is C17H23NO2. The smallest absolute Gasteiger partial charge is 0.311 e. The van der Waals surface area contributed by atoms with Gasteiger partial charge in [-0.05, 0) is 50.5 Å². The van der Waals surface area contributed by atoms with E-state index >= 15 is 0 Å². The van der Waals surface area contributed by atoms with Crippen molar-refractivity contribution < 1.29 is 9.53 Å². The molecule has 0 radical (unpaired) electrons. The van der Waals surface area contributed by atoms with Crippen molar-refractivity contribution in [1.29, 1.82) is 0 Å². The molecule has 3 heteroatoms. The molecule has 0 amide bonds. The lowest BCUT2D eigenvalue weighted by Crippen LogP contribution is -2.57. The Kier molecular flexibility index (Phi) is 3.55. The lowest BCUT2D eigenvalue weighted by molar-refractivity contribution is -0.160. The minimum Gasteiger partial charge on any atom is -0.458 e. The Morgan fingerprint density at radius 3 is 2.55 bits per heavy atom. The highest BCUT2D eigenvalue weighted by molar-refractivity contribution is 5.75. The largest absolute Gasteiger partial charge is 0.458 e. The first-order valence-corrected chi connectivity index (χ1v) is 7.63. The third-order valence-electron chi connectivity index (χ3n) is 5.15. The summed E-state index contributed by atoms with van der Waals surface area (Å²) in [6, 6.07) is 9.87. The zero-order valence-corrected chi connectivity index (χ0v) is 12.0. The van der Waals surface area contributed by atoms with Crippen LogP contribution in [0.15, 0.2) is 30.3 Å². The van der Waals surface area contributed by atoms with E-state index in [1.54, 1.807) is 0 Å². The fourth-order valence-corrected chi connectivity index (χ4v) is 3.75. The van der Waals surface area contributed by atoms with Crippen molar-refractivity contribution in [3.63, 3.8) is 0 Å². The minimum absolute atomic E-state index is 0.103. The topological polar surface area (TPSA) is 52.3 Å². The van der Waals surface area contributed by atoms with E-state index in [2.05, 4.69) is 0 Å². The molecule has 108 valence electrons. The van der Waals surface area contributed by atoms with Gasteiger partial charge in [0, 0.05) is 5.54 Å². The van der Waals surface area contributed by atoms with Gasteiger partial charge in [-0.2, -0.15) is 0 Å². The molecule has 4 rings (SSSR count). The van der Waals surface area contributed by atoms with Crippen molar-refractivity contribution in [1.82, 2.24) is 0 Å². The van der Waals surface area contributed by atoms with Crippen LogP contribution in [-0.2, 0) is 9.53 Å². The highest BCUT2D eigenvalue weighted by Crippen LogP contribution is 2.47. The summed E-state index contributed by atoms with van der Waals surface area (Å²) in [6.07, 6.45) is 5.00. The lowest BCUT2D eigenvalue weighted by Gasteiger charge is -2.48. The first-order chi connectivity index (χ1) is 9.58. The Morgan fingerprint density at radius 1 is 1.30 bits per heavy atom. The summed E-state index contributed by atoms with van der Waals surface area (Å²) in [5, 5.41) is 0. The number of nitrogens with two attached hydrogens (primary N) is 1. The fraction of sp³-hybridized carbons (Fsp3) is 0.588. The molecule has 0 aromatic heterocycles. The molecule has 2 N–H and O–H groups in total. The van der Waals surface area contributed by atoms with Crippen molar-refractivity contribution in [2.45, 2.75) is 50.7 Å². The number of hydrogen-bond acceptors (Lipinski definition) is 3. The molecule has 3 saturated carbocycles. The van der Waals surface area contributed by atoms with Gasteiger partial charge in [-0.1, -0.05) is 30.3 Å². The van der Waals surface area contributed by atoms with E-state index in [0.717, 1.165) is 24.8 Å². The van der Waals surface area contributed by atoms with E-state index in [0.29, 0.717) is 5.92 Å². The van der Waals surface area contributed by atoms with Gasteiger partial charge >= 0.3 is 5.97 Å². The van der Waals surface area contributed by atoms with Crippen LogP contribution >= 0.6 is 0 Å². The van der Waals surface area contributed by atoms with E-state index in [1.165, 1.54) is 12.8 Å². The zero-order valence-electron chi connectivity index (χ0n) is 12.0. The molecule has 3 aliphatic carbocycles. The average Bonchev–Trinajstić information content (AvgIpc) is 2.48. The first kappa shape index (κ1) is 13.6. The summed E-state index contributed by atoms with van der Waals surface area (Å²) in [4.78, 5) is 12.5. The van der Waals surface area contributed by atoms with Gasteiger partial charge in [0.15, 0.2) is 0 Å². The van der Waals surface area contributed by atoms with Crippen LogP contribution in [-0.4, -0.2) is 11.5 Å². The Balaban J connectivity index is 1.68. The standard InChI is InChI=1S/C17H23NO2/c1-12(14-5-3-2-4-6-14)20-16(19)15-11-13-7-9-17(15,18)10-8-13/h2-6,12-13,15H,7-11,18H2,1H3. The number of esters is 1. The van der Waals surface area contributed by atoms with E-state index < -0.39 is 0 Å². The van der Waals surface area contributed by atoms with Crippen molar-refractivity contribution in [2.24, 2.45) is 17.6 Å². The molecule has 1 aromatic rings. The molecule has 3 fully saturated rings. The minimum atomic E-state index is -0.317. The molecular weight excluding hydrogens is 250 g/mol. The summed E-state index contributed by atoms with van der Waals surface area (Å²) in [5.41, 5.74) is 7.17. The zero-order chi connectivity index (χ0) is 14.2. The predicted molar refractivity (Wildman–Crippen MR) is 77.9 cm³/mol. The molecule has 2 atom stereocenters. The molecule has 3 aliphatic rings. The predicted octanol–water partition coefficient (Wildman–Crippen LogP) is 3.20. The van der Waals surface area contributed by atoms with Gasteiger partial charge in [0.05, 0.1) is 5.92 Å². The SMILES string of the molecule is CC(OC(=O)C1CC2CCC1(N)CC2)c1ccccc1. The first-order valence-electron chi connectivity index (χ1n) is 7.63. The quantitative estimate of drug-likeness (QED) is 0.860. The lowest BCUT2D eigenvalue weighted by atomic mass is 9.60. The van der Waals surface area contributed by atoms with Crippen molar-refractivity contribution in [3.05, 3.63) is 35.9 Å². The molecule has 2 bridgehead atoms. The van der Waals surface area contributed by atoms with E-state index in [4.69, 9.17) is 10.5 Å². The van der Waals surface area contributed by atoms with Crippen molar-refractivity contribution in [3.8, 4) is 0 Å². The molecule has 1 aromatic carbocycles. The van der Waals surface area contributed by atoms with Gasteiger partial charge in [-0.25, -0.2) is 0 Å². The van der Waals surface area contributed by atoms with Gasteiger partial charge in [0.25, 0.3) is 0 Å². The molecule has 3 nitrogen and oxygen atoms in total. The summed E-state index contributed by atoms with van der Waals surface area (Å²) in [6.45, 7) is 1.93. The molecule has 0 heterocycles. The highest BCUT2D eigenvalue weighted by Gasteiger charge is 2.49. The van der Waals surface area contributed by atoms with Crippen LogP contribution in [0.2, 0.25) is 0 Å². The summed E-state index contributed by atoms with van der Waals surface area (Å²) in [7, 11) is 0. The summed E-state index contributed by atoms with van der Waals surface area (Å²) < 4.78 is 5.67. The molecule has 0 spiro atoms. The summed E-state index contributed by atoms with van der Waals surface area (Å²) >= 11 is 0. The monoisotopic (exact) mass is 273 g/mol. The number of rotatable bonds is 3. The van der Waals surface area contributed by atoms with Gasteiger partial charge in [-0.15, -0.1) is 0 Å². The van der Waals surface area contributed by atoms with E-state index in [1.807, 2.05) is 37.3 Å². The van der Waals surface area contributed by atoms with Gasteiger partial charge in [-0.3, -0.25) is 4.79 Å². The Labute approximate surface area is 120 Å². The maximum absolute atomic E-state index is 12.5. The van der Waals surface area contributed by atoms with Crippen LogP contribution in [0.3, 0.4) is 0 Å². The van der Waals surface area contributed by atoms with Crippen molar-refractivity contribution in [2.75, 3.05) is 0 Å². The third-order valence-corrected chi connectivity index (χ3v) is 5.15. The molecule has 0 aliphatic heterocycles.